The molecule has 2 atom stereocenters. The van der Waals surface area contributed by atoms with Gasteiger partial charge in [0.1, 0.15) is 0 Å². The summed E-state index contributed by atoms with van der Waals surface area (Å²) in [5.41, 5.74) is 5.28. The Morgan fingerprint density at radius 3 is 3.17 bits per heavy atom. The zero-order valence-electron chi connectivity index (χ0n) is 10.3. The molecule has 98 valence electrons. The second kappa shape index (κ2) is 5.46. The molecule has 5 nitrogen and oxygen atoms in total. The molecule has 1 aromatic rings. The Morgan fingerprint density at radius 2 is 2.50 bits per heavy atom. The lowest BCUT2D eigenvalue weighted by atomic mass is 9.82. The third-order valence-electron chi connectivity index (χ3n) is 3.46. The van der Waals surface area contributed by atoms with Crippen LogP contribution in [-0.4, -0.2) is 34.2 Å². The van der Waals surface area contributed by atoms with Crippen LogP contribution in [-0.2, 0) is 0 Å². The minimum Gasteiger partial charge on any atom is -0.388 e. The summed E-state index contributed by atoms with van der Waals surface area (Å²) in [7, 11) is 0. The molecule has 18 heavy (non-hydrogen) atoms. The number of nitrogens with two attached hydrogens (primary N) is 1. The molecule has 1 fully saturated rings. The molecular formula is C13H19N3O2. The molecule has 1 aromatic heterocycles. The summed E-state index contributed by atoms with van der Waals surface area (Å²) in [6.07, 6.45) is 6.16. The summed E-state index contributed by atoms with van der Waals surface area (Å²) in [5, 5.41) is 13.1. The van der Waals surface area contributed by atoms with Crippen LogP contribution in [0.5, 0.6) is 0 Å². The maximum atomic E-state index is 11.9. The fourth-order valence-corrected chi connectivity index (χ4v) is 2.41. The van der Waals surface area contributed by atoms with E-state index in [1.165, 1.54) is 6.20 Å². The van der Waals surface area contributed by atoms with Crippen molar-refractivity contribution in [2.45, 2.75) is 37.3 Å². The van der Waals surface area contributed by atoms with Gasteiger partial charge in [0.15, 0.2) is 0 Å². The quantitative estimate of drug-likeness (QED) is 0.725. The maximum absolute atomic E-state index is 11.9. The molecule has 0 radical (unpaired) electrons. The van der Waals surface area contributed by atoms with E-state index >= 15 is 0 Å². The third kappa shape index (κ3) is 3.05. The van der Waals surface area contributed by atoms with E-state index in [1.807, 2.05) is 0 Å². The molecule has 2 rings (SSSR count). The highest BCUT2D eigenvalue weighted by molar-refractivity contribution is 5.94. The van der Waals surface area contributed by atoms with E-state index in [9.17, 15) is 9.90 Å². The van der Waals surface area contributed by atoms with Gasteiger partial charge >= 0.3 is 0 Å². The molecular weight excluding hydrogens is 230 g/mol. The number of nitrogens with zero attached hydrogens (tertiary/aromatic N) is 1. The Labute approximate surface area is 106 Å². The fraction of sp³-hybridized carbons (Fsp3) is 0.538. The minimum absolute atomic E-state index is 0.0139. The molecule has 4 N–H and O–H groups in total. The van der Waals surface area contributed by atoms with Gasteiger partial charge in [-0.15, -0.1) is 0 Å². The van der Waals surface area contributed by atoms with Gasteiger partial charge in [-0.2, -0.15) is 0 Å². The van der Waals surface area contributed by atoms with Crippen molar-refractivity contribution in [3.8, 4) is 0 Å². The van der Waals surface area contributed by atoms with Gasteiger partial charge in [-0.05, 0) is 37.8 Å². The first-order valence-corrected chi connectivity index (χ1v) is 6.26. The van der Waals surface area contributed by atoms with Crippen molar-refractivity contribution >= 4 is 5.91 Å². The minimum atomic E-state index is -0.828. The van der Waals surface area contributed by atoms with Gasteiger partial charge in [-0.25, -0.2) is 0 Å². The number of pyridine rings is 1. The first kappa shape index (κ1) is 13.0. The first-order valence-electron chi connectivity index (χ1n) is 6.26. The van der Waals surface area contributed by atoms with E-state index in [4.69, 9.17) is 5.73 Å². The van der Waals surface area contributed by atoms with Crippen LogP contribution in [0, 0.1) is 0 Å². The van der Waals surface area contributed by atoms with Gasteiger partial charge in [-0.1, -0.05) is 0 Å². The van der Waals surface area contributed by atoms with E-state index in [0.717, 1.165) is 12.8 Å². The number of aromatic nitrogens is 1. The van der Waals surface area contributed by atoms with Crippen molar-refractivity contribution in [2.75, 3.05) is 6.54 Å². The van der Waals surface area contributed by atoms with Crippen LogP contribution in [0.25, 0.3) is 0 Å². The number of nitrogens with one attached hydrogen (secondary N) is 1. The van der Waals surface area contributed by atoms with Crippen LogP contribution in [0.4, 0.5) is 0 Å². The Kier molecular flexibility index (Phi) is 3.93. The van der Waals surface area contributed by atoms with Crippen LogP contribution in [0.2, 0.25) is 0 Å². The SMILES string of the molecule is NCC1(O)CCCC(NC(=O)c2cccnc2)C1. The van der Waals surface area contributed by atoms with Crippen LogP contribution in [0.15, 0.2) is 24.5 Å². The summed E-state index contributed by atoms with van der Waals surface area (Å²) in [5.74, 6) is -0.144. The van der Waals surface area contributed by atoms with Crippen molar-refractivity contribution in [3.05, 3.63) is 30.1 Å². The number of carbonyl (C=O) groups is 1. The van der Waals surface area contributed by atoms with Crippen molar-refractivity contribution in [1.29, 1.82) is 0 Å². The van der Waals surface area contributed by atoms with E-state index < -0.39 is 5.60 Å². The van der Waals surface area contributed by atoms with Crippen LogP contribution < -0.4 is 11.1 Å². The van der Waals surface area contributed by atoms with Crippen molar-refractivity contribution < 1.29 is 9.90 Å². The second-order valence-electron chi connectivity index (χ2n) is 4.94. The Balaban J connectivity index is 1.96. The smallest absolute Gasteiger partial charge is 0.253 e. The number of hydrogen-bond donors (Lipinski definition) is 3. The van der Waals surface area contributed by atoms with Gasteiger partial charge in [0.05, 0.1) is 11.2 Å². The average Bonchev–Trinajstić information content (AvgIpc) is 2.40. The molecule has 1 saturated carbocycles. The molecule has 1 amide bonds. The maximum Gasteiger partial charge on any atom is 0.253 e. The van der Waals surface area contributed by atoms with E-state index in [2.05, 4.69) is 10.3 Å². The van der Waals surface area contributed by atoms with Crippen molar-refractivity contribution in [1.82, 2.24) is 10.3 Å². The summed E-state index contributed by atoms with van der Waals surface area (Å²) >= 11 is 0. The molecule has 0 spiro atoms. The Bertz CT molecular complexity index is 410. The summed E-state index contributed by atoms with van der Waals surface area (Å²) in [6, 6.07) is 3.44. The Morgan fingerprint density at radius 1 is 1.67 bits per heavy atom. The predicted molar refractivity (Wildman–Crippen MR) is 68.0 cm³/mol. The summed E-state index contributed by atoms with van der Waals surface area (Å²) in [4.78, 5) is 15.9. The number of rotatable bonds is 3. The standard InChI is InChI=1S/C13H19N3O2/c14-9-13(18)5-1-4-11(7-13)16-12(17)10-3-2-6-15-8-10/h2-3,6,8,11,18H,1,4-5,7,9,14H2,(H,16,17). The molecule has 2 unspecified atom stereocenters. The molecule has 0 bridgehead atoms. The van der Waals surface area contributed by atoms with E-state index in [-0.39, 0.29) is 18.5 Å². The van der Waals surface area contributed by atoms with Gasteiger partial charge in [-0.3, -0.25) is 9.78 Å². The van der Waals surface area contributed by atoms with E-state index in [1.54, 1.807) is 18.3 Å². The van der Waals surface area contributed by atoms with Gasteiger partial charge in [0, 0.05) is 25.0 Å². The van der Waals surface area contributed by atoms with E-state index in [0.29, 0.717) is 18.4 Å². The molecule has 0 aliphatic heterocycles. The fourth-order valence-electron chi connectivity index (χ4n) is 2.41. The monoisotopic (exact) mass is 249 g/mol. The number of aliphatic hydroxyl groups is 1. The van der Waals surface area contributed by atoms with Crippen LogP contribution >= 0.6 is 0 Å². The number of hydrogen-bond acceptors (Lipinski definition) is 4. The highest BCUT2D eigenvalue weighted by Crippen LogP contribution is 2.27. The molecule has 0 saturated heterocycles. The second-order valence-corrected chi connectivity index (χ2v) is 4.94. The molecule has 1 aliphatic rings. The molecule has 5 heteroatoms. The zero-order valence-corrected chi connectivity index (χ0v) is 10.3. The topological polar surface area (TPSA) is 88.2 Å². The lowest BCUT2D eigenvalue weighted by Gasteiger charge is -2.36. The van der Waals surface area contributed by atoms with Crippen LogP contribution in [0.1, 0.15) is 36.0 Å². The van der Waals surface area contributed by atoms with Gasteiger partial charge in [0.2, 0.25) is 0 Å². The highest BCUT2D eigenvalue weighted by Gasteiger charge is 2.33. The average molecular weight is 249 g/mol. The zero-order chi connectivity index (χ0) is 13.0. The first-order chi connectivity index (χ1) is 8.63. The summed E-state index contributed by atoms with van der Waals surface area (Å²) < 4.78 is 0. The number of amides is 1. The van der Waals surface area contributed by atoms with Gasteiger partial charge < -0.3 is 16.2 Å². The third-order valence-corrected chi connectivity index (χ3v) is 3.46. The highest BCUT2D eigenvalue weighted by atomic mass is 16.3. The predicted octanol–water partition coefficient (Wildman–Crippen LogP) is 0.444. The summed E-state index contributed by atoms with van der Waals surface area (Å²) in [6.45, 7) is 0.242. The normalized spacial score (nSPS) is 27.8. The van der Waals surface area contributed by atoms with Crippen molar-refractivity contribution in [2.24, 2.45) is 5.73 Å². The lowest BCUT2D eigenvalue weighted by molar-refractivity contribution is 0.00156. The Hall–Kier alpha value is -1.46. The molecule has 0 aromatic carbocycles. The van der Waals surface area contributed by atoms with Gasteiger partial charge in [0.25, 0.3) is 5.91 Å². The number of carbonyl (C=O) groups excluding carboxylic acids is 1. The lowest BCUT2D eigenvalue weighted by Crippen LogP contribution is -2.49. The molecule has 1 heterocycles. The largest absolute Gasteiger partial charge is 0.388 e. The van der Waals surface area contributed by atoms with Crippen molar-refractivity contribution in [3.63, 3.8) is 0 Å². The molecule has 1 aliphatic carbocycles. The van der Waals surface area contributed by atoms with Crippen LogP contribution in [0.3, 0.4) is 0 Å².